The van der Waals surface area contributed by atoms with Crippen LogP contribution in [0.25, 0.3) is 0 Å². The lowest BCUT2D eigenvalue weighted by Gasteiger charge is -2.25. The molecule has 2 N–H and O–H groups in total. The quantitative estimate of drug-likeness (QED) is 0.657. The van der Waals surface area contributed by atoms with Gasteiger partial charge in [-0.3, -0.25) is 4.79 Å². The molecule has 0 aromatic rings. The molecule has 0 atom stereocenters. The monoisotopic (exact) mass is 257 g/mol. The molecule has 2 fully saturated rings. The summed E-state index contributed by atoms with van der Waals surface area (Å²) in [6, 6.07) is 0. The molecule has 0 aliphatic heterocycles. The average molecular weight is 257 g/mol. The topological polar surface area (TPSA) is 49.3 Å². The normalized spacial score (nSPS) is 30.9. The van der Waals surface area contributed by atoms with Gasteiger partial charge in [-0.25, -0.2) is 0 Å². The molecule has 2 rings (SSSR count). The van der Waals surface area contributed by atoms with E-state index in [4.69, 9.17) is 0 Å². The zero-order valence-corrected chi connectivity index (χ0v) is 11.2. The summed E-state index contributed by atoms with van der Waals surface area (Å²) in [5.41, 5.74) is 0.218. The van der Waals surface area contributed by atoms with Gasteiger partial charge in [0.2, 0.25) is 5.91 Å². The van der Waals surface area contributed by atoms with Crippen molar-refractivity contribution in [2.75, 3.05) is 12.3 Å². The van der Waals surface area contributed by atoms with Crippen molar-refractivity contribution >= 4 is 18.5 Å². The van der Waals surface area contributed by atoms with Gasteiger partial charge in [0.15, 0.2) is 0 Å². The van der Waals surface area contributed by atoms with Crippen LogP contribution in [0.15, 0.2) is 0 Å². The fourth-order valence-electron chi connectivity index (χ4n) is 2.58. The second-order valence-electron chi connectivity index (χ2n) is 5.81. The number of amides is 1. The van der Waals surface area contributed by atoms with Crippen molar-refractivity contribution in [2.24, 2.45) is 11.3 Å². The summed E-state index contributed by atoms with van der Waals surface area (Å²) in [5, 5.41) is 12.4. The molecule has 0 unspecified atom stereocenters. The lowest BCUT2D eigenvalue weighted by Crippen LogP contribution is -2.33. The largest absolute Gasteiger partial charge is 0.393 e. The Bertz CT molecular complexity index is 271. The van der Waals surface area contributed by atoms with Gasteiger partial charge in [-0.15, -0.1) is 0 Å². The molecule has 2 aliphatic carbocycles. The van der Waals surface area contributed by atoms with Crippen molar-refractivity contribution in [1.82, 2.24) is 5.32 Å². The first-order valence-electron chi connectivity index (χ1n) is 6.69. The van der Waals surface area contributed by atoms with Crippen molar-refractivity contribution in [2.45, 2.75) is 51.0 Å². The molecule has 0 bridgehead atoms. The summed E-state index contributed by atoms with van der Waals surface area (Å²) >= 11 is 4.31. The summed E-state index contributed by atoms with van der Waals surface area (Å²) < 4.78 is 0. The number of rotatable bonds is 5. The number of nitrogens with one attached hydrogen (secondary N) is 1. The molecule has 17 heavy (non-hydrogen) atoms. The summed E-state index contributed by atoms with van der Waals surface area (Å²) in [4.78, 5) is 11.8. The molecule has 0 radical (unpaired) electrons. The number of thiol groups is 1. The molecule has 4 heteroatoms. The zero-order chi connectivity index (χ0) is 12.3. The van der Waals surface area contributed by atoms with Gasteiger partial charge >= 0.3 is 0 Å². The van der Waals surface area contributed by atoms with Crippen LogP contribution < -0.4 is 5.32 Å². The molecular weight excluding hydrogens is 234 g/mol. The summed E-state index contributed by atoms with van der Waals surface area (Å²) in [5.74, 6) is 1.58. The Kier molecular flexibility index (Phi) is 4.36. The van der Waals surface area contributed by atoms with E-state index in [-0.39, 0.29) is 17.4 Å². The van der Waals surface area contributed by atoms with E-state index in [0.29, 0.717) is 12.3 Å². The van der Waals surface area contributed by atoms with Crippen LogP contribution in [0.3, 0.4) is 0 Å². The molecule has 2 aliphatic rings. The molecule has 0 aromatic heterocycles. The molecule has 0 saturated heterocycles. The van der Waals surface area contributed by atoms with Crippen LogP contribution in [-0.4, -0.2) is 29.4 Å². The van der Waals surface area contributed by atoms with Crippen LogP contribution in [0.5, 0.6) is 0 Å². The van der Waals surface area contributed by atoms with Gasteiger partial charge in [0.05, 0.1) is 6.10 Å². The van der Waals surface area contributed by atoms with Crippen LogP contribution in [-0.2, 0) is 4.79 Å². The first kappa shape index (κ1) is 13.2. The first-order chi connectivity index (χ1) is 8.13. The lowest BCUT2D eigenvalue weighted by atomic mass is 9.87. The van der Waals surface area contributed by atoms with Crippen LogP contribution in [0.4, 0.5) is 0 Å². The smallest absolute Gasteiger partial charge is 0.220 e. The van der Waals surface area contributed by atoms with Crippen molar-refractivity contribution in [3.8, 4) is 0 Å². The molecule has 2 saturated carbocycles. The summed E-state index contributed by atoms with van der Waals surface area (Å²) in [6.45, 7) is 0.786. The Balaban J connectivity index is 1.63. The third-order valence-corrected chi connectivity index (χ3v) is 4.90. The Morgan fingerprint density at radius 3 is 2.47 bits per heavy atom. The maximum atomic E-state index is 11.8. The third kappa shape index (κ3) is 3.88. The predicted molar refractivity (Wildman–Crippen MR) is 71.1 cm³/mol. The van der Waals surface area contributed by atoms with Gasteiger partial charge in [0, 0.05) is 13.0 Å². The zero-order valence-electron chi connectivity index (χ0n) is 10.3. The van der Waals surface area contributed by atoms with Crippen LogP contribution in [0.2, 0.25) is 0 Å². The summed E-state index contributed by atoms with van der Waals surface area (Å²) in [7, 11) is 0. The highest BCUT2D eigenvalue weighted by Gasteiger charge is 2.42. The fraction of sp³-hybridized carbons (Fsp3) is 0.923. The summed E-state index contributed by atoms with van der Waals surface area (Å²) in [6.07, 6.45) is 6.70. The van der Waals surface area contributed by atoms with E-state index in [1.165, 1.54) is 0 Å². The molecule has 3 nitrogen and oxygen atoms in total. The van der Waals surface area contributed by atoms with Gasteiger partial charge in [-0.05, 0) is 55.6 Å². The average Bonchev–Trinajstić information content (AvgIpc) is 3.09. The van der Waals surface area contributed by atoms with Gasteiger partial charge < -0.3 is 10.4 Å². The van der Waals surface area contributed by atoms with E-state index in [1.54, 1.807) is 0 Å². The van der Waals surface area contributed by atoms with E-state index in [9.17, 15) is 9.90 Å². The molecule has 0 aromatic carbocycles. The maximum absolute atomic E-state index is 11.8. The van der Waals surface area contributed by atoms with E-state index in [0.717, 1.165) is 50.8 Å². The van der Waals surface area contributed by atoms with Crippen molar-refractivity contribution < 1.29 is 9.90 Å². The Morgan fingerprint density at radius 1 is 1.29 bits per heavy atom. The predicted octanol–water partition coefficient (Wildman–Crippen LogP) is 1.75. The molecule has 1 amide bonds. The number of carbonyl (C=O) groups is 1. The van der Waals surface area contributed by atoms with Crippen molar-refractivity contribution in [3.63, 3.8) is 0 Å². The van der Waals surface area contributed by atoms with E-state index in [1.807, 2.05) is 0 Å². The Labute approximate surface area is 109 Å². The highest BCUT2D eigenvalue weighted by molar-refractivity contribution is 7.80. The Morgan fingerprint density at radius 2 is 1.94 bits per heavy atom. The SMILES string of the molecule is O=C(CC1(CS)CC1)NCC1CCC(O)CC1. The highest BCUT2D eigenvalue weighted by Crippen LogP contribution is 2.49. The maximum Gasteiger partial charge on any atom is 0.220 e. The van der Waals surface area contributed by atoms with Crippen LogP contribution in [0, 0.1) is 11.3 Å². The molecule has 0 spiro atoms. The number of carbonyl (C=O) groups excluding carboxylic acids is 1. The number of hydrogen-bond acceptors (Lipinski definition) is 3. The number of aliphatic hydroxyl groups excluding tert-OH is 1. The molecular formula is C13H23NO2S. The lowest BCUT2D eigenvalue weighted by molar-refractivity contribution is -0.122. The second-order valence-corrected chi connectivity index (χ2v) is 6.13. The van der Waals surface area contributed by atoms with E-state index < -0.39 is 0 Å². The highest BCUT2D eigenvalue weighted by atomic mass is 32.1. The minimum atomic E-state index is -0.110. The van der Waals surface area contributed by atoms with Gasteiger partial charge in [-0.2, -0.15) is 12.6 Å². The van der Waals surface area contributed by atoms with Crippen molar-refractivity contribution in [1.29, 1.82) is 0 Å². The van der Waals surface area contributed by atoms with Gasteiger partial charge in [0.1, 0.15) is 0 Å². The van der Waals surface area contributed by atoms with Gasteiger partial charge in [-0.1, -0.05) is 0 Å². The number of aliphatic hydroxyl groups is 1. The third-order valence-electron chi connectivity index (χ3n) is 4.23. The minimum absolute atomic E-state index is 0.110. The standard InChI is InChI=1S/C13H23NO2S/c15-11-3-1-10(2-4-11)8-14-12(16)7-13(9-17)5-6-13/h10-11,15,17H,1-9H2,(H,14,16). The molecule has 98 valence electrons. The Hall–Kier alpha value is -0.220. The van der Waals surface area contributed by atoms with Crippen LogP contribution >= 0.6 is 12.6 Å². The van der Waals surface area contributed by atoms with E-state index in [2.05, 4.69) is 17.9 Å². The fourth-order valence-corrected chi connectivity index (χ4v) is 3.01. The van der Waals surface area contributed by atoms with Gasteiger partial charge in [0.25, 0.3) is 0 Å². The first-order valence-corrected chi connectivity index (χ1v) is 7.32. The van der Waals surface area contributed by atoms with E-state index >= 15 is 0 Å². The minimum Gasteiger partial charge on any atom is -0.393 e. The molecule has 0 heterocycles. The van der Waals surface area contributed by atoms with Crippen LogP contribution in [0.1, 0.15) is 44.9 Å². The number of hydrogen-bond donors (Lipinski definition) is 3. The van der Waals surface area contributed by atoms with Crippen molar-refractivity contribution in [3.05, 3.63) is 0 Å². The second kappa shape index (κ2) is 5.61.